The monoisotopic (exact) mass is 543 g/mol. The van der Waals surface area contributed by atoms with Gasteiger partial charge < -0.3 is 14.4 Å². The van der Waals surface area contributed by atoms with Crippen LogP contribution in [-0.2, 0) is 0 Å². The number of benzene rings is 4. The van der Waals surface area contributed by atoms with Crippen LogP contribution in [0, 0.1) is 0 Å². The van der Waals surface area contributed by atoms with Gasteiger partial charge >= 0.3 is 0 Å². The Balaban J connectivity index is 0.00000164. The summed E-state index contributed by atoms with van der Waals surface area (Å²) in [7, 11) is 4.53. The predicted molar refractivity (Wildman–Crippen MR) is 168 cm³/mol. The van der Waals surface area contributed by atoms with Crippen LogP contribution in [0.1, 0.15) is 13.8 Å². The average Bonchev–Trinajstić information content (AvgIpc) is 3.36. The van der Waals surface area contributed by atoms with E-state index in [2.05, 4.69) is 121 Å². The Morgan fingerprint density at radius 3 is 1.26 bits per heavy atom. The van der Waals surface area contributed by atoms with Crippen molar-refractivity contribution in [3.05, 3.63) is 109 Å². The lowest BCUT2D eigenvalue weighted by molar-refractivity contribution is 0.417. The highest BCUT2D eigenvalue weighted by molar-refractivity contribution is 7.77. The Morgan fingerprint density at radius 2 is 0.895 bits per heavy atom. The molecule has 1 aliphatic rings. The molecular weight excluding hydrogens is 504 g/mol. The molecule has 1 saturated heterocycles. The molecular formula is C33H39NO2P2. The van der Waals surface area contributed by atoms with E-state index in [9.17, 15) is 0 Å². The summed E-state index contributed by atoms with van der Waals surface area (Å²) in [5, 5.41) is 5.47. The van der Waals surface area contributed by atoms with Crippen LogP contribution in [0.2, 0.25) is 0 Å². The van der Waals surface area contributed by atoms with Crippen LogP contribution in [0.15, 0.2) is 109 Å². The van der Waals surface area contributed by atoms with Gasteiger partial charge in [-0.2, -0.15) is 0 Å². The van der Waals surface area contributed by atoms with E-state index < -0.39 is 15.8 Å². The van der Waals surface area contributed by atoms with E-state index in [1.54, 1.807) is 14.2 Å². The molecule has 0 amide bonds. The molecule has 1 aliphatic heterocycles. The van der Waals surface area contributed by atoms with Crippen molar-refractivity contribution >= 4 is 37.1 Å². The summed E-state index contributed by atoms with van der Waals surface area (Å²) in [4.78, 5) is 2.52. The standard InChI is InChI=1S/C31H33NO2P2.C2H6/c1-32-22-30(35(24-14-6-4-7-15-24)28-20-12-10-18-26(28)33-2)31(23-32)36(25-16-8-5-9-17-25)29-21-13-11-19-27(29)34-3;1-2/h4-21,30-31H,22-23H2,1-3H3;1-2H3/t30-,31-,35-,36-;/m1./s1. The molecule has 0 aromatic heterocycles. The van der Waals surface area contributed by atoms with Crippen LogP contribution >= 0.6 is 15.8 Å². The zero-order chi connectivity index (χ0) is 26.9. The van der Waals surface area contributed by atoms with E-state index in [1.807, 2.05) is 13.8 Å². The number of rotatable bonds is 8. The van der Waals surface area contributed by atoms with Crippen LogP contribution < -0.4 is 30.7 Å². The molecule has 0 saturated carbocycles. The zero-order valence-electron chi connectivity index (χ0n) is 23.1. The second kappa shape index (κ2) is 13.9. The third-order valence-corrected chi connectivity index (χ3v) is 13.0. The Hall–Kier alpha value is -2.70. The van der Waals surface area contributed by atoms with E-state index >= 15 is 0 Å². The molecule has 1 fully saturated rings. The Kier molecular flexibility index (Phi) is 10.4. The van der Waals surface area contributed by atoms with Crippen LogP contribution in [-0.4, -0.2) is 50.6 Å². The first-order valence-electron chi connectivity index (χ1n) is 13.3. The maximum atomic E-state index is 5.92. The number of nitrogens with zero attached hydrogens (tertiary/aromatic N) is 1. The smallest absolute Gasteiger partial charge is 0.126 e. The minimum atomic E-state index is -0.663. The summed E-state index contributed by atoms with van der Waals surface area (Å²) in [6.07, 6.45) is 0. The summed E-state index contributed by atoms with van der Waals surface area (Å²) >= 11 is 0. The first kappa shape index (κ1) is 28.3. The van der Waals surface area contributed by atoms with Gasteiger partial charge in [-0.3, -0.25) is 0 Å². The van der Waals surface area contributed by atoms with Gasteiger partial charge in [0, 0.05) is 35.0 Å². The van der Waals surface area contributed by atoms with Crippen molar-refractivity contribution in [2.24, 2.45) is 0 Å². The minimum Gasteiger partial charge on any atom is -0.496 e. The van der Waals surface area contributed by atoms with Gasteiger partial charge in [0.15, 0.2) is 0 Å². The second-order valence-corrected chi connectivity index (χ2v) is 13.9. The molecule has 1 heterocycles. The molecule has 0 bridgehead atoms. The molecule has 4 aromatic carbocycles. The second-order valence-electron chi connectivity index (χ2n) is 9.11. The Bertz CT molecular complexity index is 1170. The minimum absolute atomic E-state index is 0.472. The fourth-order valence-corrected chi connectivity index (χ4v) is 12.2. The summed E-state index contributed by atoms with van der Waals surface area (Å²) in [5.74, 6) is 1.98. The third kappa shape index (κ3) is 6.13. The SMILES string of the molecule is CC.COc1ccccc1[P@@](c1ccccc1)[C@@H]1CN(C)C[C@H]1[P@](c1ccccc1)c1ccccc1OC. The summed E-state index contributed by atoms with van der Waals surface area (Å²) < 4.78 is 11.8. The maximum Gasteiger partial charge on any atom is 0.126 e. The first-order valence-corrected chi connectivity index (χ1v) is 16.2. The Morgan fingerprint density at radius 1 is 0.553 bits per heavy atom. The summed E-state index contributed by atoms with van der Waals surface area (Å²) in [5.41, 5.74) is 0.944. The molecule has 0 N–H and O–H groups in total. The topological polar surface area (TPSA) is 21.7 Å². The quantitative estimate of drug-likeness (QED) is 0.255. The van der Waals surface area contributed by atoms with Gasteiger partial charge in [0.05, 0.1) is 14.2 Å². The van der Waals surface area contributed by atoms with Gasteiger partial charge in [0.25, 0.3) is 0 Å². The highest BCUT2D eigenvalue weighted by Crippen LogP contribution is 2.55. The van der Waals surface area contributed by atoms with Gasteiger partial charge in [0.2, 0.25) is 0 Å². The van der Waals surface area contributed by atoms with Gasteiger partial charge in [-0.25, -0.2) is 0 Å². The molecule has 0 unspecified atom stereocenters. The number of methoxy groups -OCH3 is 2. The van der Waals surface area contributed by atoms with Crippen molar-refractivity contribution in [1.82, 2.24) is 4.90 Å². The van der Waals surface area contributed by atoms with Crippen LogP contribution in [0.4, 0.5) is 0 Å². The van der Waals surface area contributed by atoms with Gasteiger partial charge in [-0.1, -0.05) is 111 Å². The number of hydrogen-bond acceptors (Lipinski definition) is 3. The highest BCUT2D eigenvalue weighted by Gasteiger charge is 2.44. The van der Waals surface area contributed by atoms with Crippen molar-refractivity contribution in [3.63, 3.8) is 0 Å². The van der Waals surface area contributed by atoms with Crippen LogP contribution in [0.5, 0.6) is 11.5 Å². The number of para-hydroxylation sites is 2. The van der Waals surface area contributed by atoms with E-state index in [0.717, 1.165) is 24.6 Å². The third-order valence-electron chi connectivity index (χ3n) is 6.86. The molecule has 4 aromatic rings. The number of likely N-dealkylation sites (tertiary alicyclic amines) is 1. The number of hydrogen-bond donors (Lipinski definition) is 0. The van der Waals surface area contributed by atoms with Crippen molar-refractivity contribution in [2.75, 3.05) is 34.4 Å². The fourth-order valence-electron chi connectivity index (χ4n) is 5.32. The van der Waals surface area contributed by atoms with Gasteiger partial charge in [-0.15, -0.1) is 0 Å². The lowest BCUT2D eigenvalue weighted by Gasteiger charge is -2.35. The molecule has 4 atom stereocenters. The number of ether oxygens (including phenoxy) is 2. The maximum absolute atomic E-state index is 5.92. The molecule has 198 valence electrons. The lowest BCUT2D eigenvalue weighted by Crippen LogP contribution is -2.34. The molecule has 0 aliphatic carbocycles. The Labute approximate surface area is 231 Å². The normalized spacial score (nSPS) is 18.7. The largest absolute Gasteiger partial charge is 0.496 e. The summed E-state index contributed by atoms with van der Waals surface area (Å²) in [6, 6.07) is 39.4. The van der Waals surface area contributed by atoms with E-state index in [1.165, 1.54) is 21.2 Å². The molecule has 0 spiro atoms. The zero-order valence-corrected chi connectivity index (χ0v) is 24.9. The van der Waals surface area contributed by atoms with Gasteiger partial charge in [-0.05, 0) is 45.6 Å². The van der Waals surface area contributed by atoms with Crippen molar-refractivity contribution < 1.29 is 9.47 Å². The van der Waals surface area contributed by atoms with Crippen LogP contribution in [0.25, 0.3) is 0 Å². The van der Waals surface area contributed by atoms with E-state index in [4.69, 9.17) is 9.47 Å². The fraction of sp³-hybridized carbons (Fsp3) is 0.273. The predicted octanol–water partition coefficient (Wildman–Crippen LogP) is 5.98. The molecule has 5 heteroatoms. The lowest BCUT2D eigenvalue weighted by atomic mass is 10.3. The van der Waals surface area contributed by atoms with Crippen molar-refractivity contribution in [2.45, 2.75) is 25.2 Å². The highest BCUT2D eigenvalue weighted by atomic mass is 31.1. The van der Waals surface area contributed by atoms with Crippen LogP contribution in [0.3, 0.4) is 0 Å². The summed E-state index contributed by atoms with van der Waals surface area (Å²) in [6.45, 7) is 6.12. The molecule has 3 nitrogen and oxygen atoms in total. The van der Waals surface area contributed by atoms with Gasteiger partial charge in [0.1, 0.15) is 11.5 Å². The van der Waals surface area contributed by atoms with Crippen molar-refractivity contribution in [3.8, 4) is 11.5 Å². The average molecular weight is 544 g/mol. The van der Waals surface area contributed by atoms with E-state index in [-0.39, 0.29) is 0 Å². The first-order chi connectivity index (χ1) is 18.7. The van der Waals surface area contributed by atoms with E-state index in [0.29, 0.717) is 11.3 Å². The molecule has 5 rings (SSSR count). The molecule has 38 heavy (non-hydrogen) atoms. The molecule has 0 radical (unpaired) electrons. The van der Waals surface area contributed by atoms with Crippen molar-refractivity contribution in [1.29, 1.82) is 0 Å².